The van der Waals surface area contributed by atoms with Gasteiger partial charge in [-0.3, -0.25) is 37.3 Å². The van der Waals surface area contributed by atoms with Gasteiger partial charge >= 0.3 is 39.5 Å². The predicted molar refractivity (Wildman–Crippen MR) is 344 cm³/mol. The second-order valence-electron chi connectivity index (χ2n) is 25.9. The number of unbranched alkanes of at least 4 members (excludes halogenated alkanes) is 29. The van der Waals surface area contributed by atoms with Crippen molar-refractivity contribution in [1.82, 2.24) is 0 Å². The van der Waals surface area contributed by atoms with Crippen molar-refractivity contribution in [3.63, 3.8) is 0 Å². The summed E-state index contributed by atoms with van der Waals surface area (Å²) in [6.45, 7) is 14.0. The number of aliphatic hydroxyl groups excluding tert-OH is 1. The van der Waals surface area contributed by atoms with Gasteiger partial charge in [0, 0.05) is 25.7 Å². The molecule has 86 heavy (non-hydrogen) atoms. The largest absolute Gasteiger partial charge is 0.472 e. The SMILES string of the molecule is CCC(C)CCCCCCCCC(=O)OC[C@H](COP(=O)(O)OCC(O)COP(=O)(O)OC[C@@H](COC(=O)CCCCCCCCCC(C)C)OC(=O)CCCCCCCCCCCC(C)C)OC(=O)CCCCCCCCCCCCCC(C)C. The molecule has 0 rings (SSSR count). The standard InChI is InChI=1S/C67H130O17P2/c1-9-60(8)46-38-30-25-26-32-40-48-65(70)78-54-63(84-66(71)49-41-33-22-16-12-10-11-14-19-27-35-43-57(2)3)56-82-86(75,76)80-52-61(68)51-79-85(73,74)81-55-62(53-77-64(69)47-39-31-24-18-21-29-37-45-59(6)7)83-67(72)50-42-34-23-17-13-15-20-28-36-44-58(4)5/h57-63,68H,9-56H2,1-8H3,(H,73,74)(H,75,76)/t60?,61?,62-,63-/m1/s1. The molecule has 17 nitrogen and oxygen atoms in total. The molecule has 0 aliphatic carbocycles. The van der Waals surface area contributed by atoms with Gasteiger partial charge in [-0.1, -0.05) is 274 Å². The molecule has 0 spiro atoms. The Morgan fingerprint density at radius 3 is 0.826 bits per heavy atom. The molecule has 0 saturated heterocycles. The van der Waals surface area contributed by atoms with Crippen molar-refractivity contribution in [2.24, 2.45) is 23.7 Å². The average molecular weight is 1270 g/mol. The highest BCUT2D eigenvalue weighted by atomic mass is 31.2. The highest BCUT2D eigenvalue weighted by molar-refractivity contribution is 7.47. The second kappa shape index (κ2) is 57.0. The molecule has 510 valence electrons. The zero-order valence-corrected chi connectivity index (χ0v) is 57.7. The molecule has 0 aliphatic rings. The third-order valence-electron chi connectivity index (χ3n) is 15.7. The van der Waals surface area contributed by atoms with Gasteiger partial charge in [-0.05, 0) is 49.4 Å². The van der Waals surface area contributed by atoms with Crippen LogP contribution in [0.1, 0.15) is 325 Å². The molecule has 19 heteroatoms. The molecular weight excluding hydrogens is 1140 g/mol. The Kier molecular flexibility index (Phi) is 55.7. The lowest BCUT2D eigenvalue weighted by Gasteiger charge is -2.21. The van der Waals surface area contributed by atoms with Crippen LogP contribution in [0.2, 0.25) is 0 Å². The number of phosphoric acid groups is 2. The molecule has 0 heterocycles. The quantitative estimate of drug-likeness (QED) is 0.0222. The van der Waals surface area contributed by atoms with Crippen LogP contribution in [0.5, 0.6) is 0 Å². The maximum absolute atomic E-state index is 13.0. The van der Waals surface area contributed by atoms with E-state index in [0.717, 1.165) is 120 Å². The number of carbonyl (C=O) groups excluding carboxylic acids is 4. The monoisotopic (exact) mass is 1270 g/mol. The fraction of sp³-hybridized carbons (Fsp3) is 0.940. The van der Waals surface area contributed by atoms with Gasteiger partial charge in [0.2, 0.25) is 0 Å². The molecule has 0 aromatic carbocycles. The molecule has 0 fully saturated rings. The van der Waals surface area contributed by atoms with Crippen LogP contribution in [0, 0.1) is 23.7 Å². The minimum Gasteiger partial charge on any atom is -0.462 e. The van der Waals surface area contributed by atoms with Crippen molar-refractivity contribution in [2.45, 2.75) is 343 Å². The lowest BCUT2D eigenvalue weighted by Crippen LogP contribution is -2.30. The van der Waals surface area contributed by atoms with E-state index in [0.29, 0.717) is 31.6 Å². The summed E-state index contributed by atoms with van der Waals surface area (Å²) in [5, 5.41) is 10.6. The Labute approximate surface area is 524 Å². The van der Waals surface area contributed by atoms with Crippen LogP contribution in [0.4, 0.5) is 0 Å². The predicted octanol–water partition coefficient (Wildman–Crippen LogP) is 18.5. The molecule has 0 aromatic rings. The summed E-state index contributed by atoms with van der Waals surface area (Å²) in [5.41, 5.74) is 0. The lowest BCUT2D eigenvalue weighted by molar-refractivity contribution is -0.161. The van der Waals surface area contributed by atoms with Crippen molar-refractivity contribution >= 4 is 39.5 Å². The number of hydrogen-bond acceptors (Lipinski definition) is 15. The van der Waals surface area contributed by atoms with E-state index in [1.54, 1.807) is 0 Å². The summed E-state index contributed by atoms with van der Waals surface area (Å²) in [6, 6.07) is 0. The van der Waals surface area contributed by atoms with Crippen molar-refractivity contribution in [2.75, 3.05) is 39.6 Å². The smallest absolute Gasteiger partial charge is 0.462 e. The minimum absolute atomic E-state index is 0.104. The van der Waals surface area contributed by atoms with Gasteiger partial charge in [0.1, 0.15) is 19.3 Å². The molecule has 4 unspecified atom stereocenters. The van der Waals surface area contributed by atoms with Crippen LogP contribution in [0.15, 0.2) is 0 Å². The van der Waals surface area contributed by atoms with Gasteiger partial charge in [0.15, 0.2) is 12.2 Å². The van der Waals surface area contributed by atoms with E-state index >= 15 is 0 Å². The fourth-order valence-corrected chi connectivity index (χ4v) is 11.5. The number of phosphoric ester groups is 2. The van der Waals surface area contributed by atoms with E-state index in [1.165, 1.54) is 116 Å². The Hall–Kier alpha value is -1.94. The van der Waals surface area contributed by atoms with Gasteiger partial charge in [-0.15, -0.1) is 0 Å². The zero-order chi connectivity index (χ0) is 63.9. The molecule has 3 N–H and O–H groups in total. The summed E-state index contributed by atoms with van der Waals surface area (Å²) in [5.74, 6) is 0.802. The van der Waals surface area contributed by atoms with Crippen LogP contribution in [-0.4, -0.2) is 96.7 Å². The van der Waals surface area contributed by atoms with Crippen molar-refractivity contribution in [1.29, 1.82) is 0 Å². The highest BCUT2D eigenvalue weighted by Crippen LogP contribution is 2.45. The van der Waals surface area contributed by atoms with E-state index < -0.39 is 97.5 Å². The molecule has 0 amide bonds. The van der Waals surface area contributed by atoms with Crippen LogP contribution in [0.25, 0.3) is 0 Å². The third-order valence-corrected chi connectivity index (χ3v) is 17.6. The number of ether oxygens (including phenoxy) is 4. The first-order chi connectivity index (χ1) is 41.1. The van der Waals surface area contributed by atoms with E-state index in [9.17, 15) is 43.2 Å². The lowest BCUT2D eigenvalue weighted by atomic mass is 10.00. The van der Waals surface area contributed by atoms with Gasteiger partial charge in [-0.2, -0.15) is 0 Å². The topological polar surface area (TPSA) is 237 Å². The van der Waals surface area contributed by atoms with Crippen LogP contribution in [-0.2, 0) is 65.4 Å². The van der Waals surface area contributed by atoms with Gasteiger partial charge in [-0.25, -0.2) is 9.13 Å². The summed E-state index contributed by atoms with van der Waals surface area (Å²) >= 11 is 0. The Morgan fingerprint density at radius 2 is 0.558 bits per heavy atom. The first-order valence-electron chi connectivity index (χ1n) is 34.7. The number of carbonyl (C=O) groups is 4. The van der Waals surface area contributed by atoms with E-state index in [1.807, 2.05) is 0 Å². The summed E-state index contributed by atoms with van der Waals surface area (Å²) in [4.78, 5) is 72.4. The van der Waals surface area contributed by atoms with Crippen molar-refractivity contribution in [3.8, 4) is 0 Å². The fourth-order valence-electron chi connectivity index (χ4n) is 9.93. The molecule has 0 bridgehead atoms. The third kappa shape index (κ3) is 59.7. The van der Waals surface area contributed by atoms with Gasteiger partial charge < -0.3 is 33.8 Å². The molecule has 0 aromatic heterocycles. The van der Waals surface area contributed by atoms with Crippen LogP contribution >= 0.6 is 15.6 Å². The molecule has 0 saturated carbocycles. The summed E-state index contributed by atoms with van der Waals surface area (Å²) in [6.07, 6.45) is 37.7. The number of esters is 4. The highest BCUT2D eigenvalue weighted by Gasteiger charge is 2.30. The molecule has 0 aliphatic heterocycles. The summed E-state index contributed by atoms with van der Waals surface area (Å²) in [7, 11) is -9.90. The first-order valence-corrected chi connectivity index (χ1v) is 37.7. The van der Waals surface area contributed by atoms with E-state index in [-0.39, 0.29) is 25.7 Å². The normalized spacial score (nSPS) is 14.7. The number of aliphatic hydroxyl groups is 1. The van der Waals surface area contributed by atoms with E-state index in [4.69, 9.17) is 37.0 Å². The van der Waals surface area contributed by atoms with Crippen molar-refractivity contribution < 1.29 is 80.2 Å². The number of hydrogen-bond donors (Lipinski definition) is 3. The number of rotatable bonds is 64. The average Bonchev–Trinajstić information content (AvgIpc) is 3.66. The zero-order valence-electron chi connectivity index (χ0n) is 55.9. The molecule has 6 atom stereocenters. The van der Waals surface area contributed by atoms with Crippen LogP contribution < -0.4 is 0 Å². The maximum atomic E-state index is 13.0. The Bertz CT molecular complexity index is 1720. The van der Waals surface area contributed by atoms with Gasteiger partial charge in [0.25, 0.3) is 0 Å². The summed E-state index contributed by atoms with van der Waals surface area (Å²) < 4.78 is 68.1. The Balaban J connectivity index is 5.26. The minimum atomic E-state index is -4.95. The van der Waals surface area contributed by atoms with Crippen LogP contribution in [0.3, 0.4) is 0 Å². The second-order valence-corrected chi connectivity index (χ2v) is 28.8. The molecular formula is C67H130O17P2. The van der Waals surface area contributed by atoms with E-state index in [2.05, 4.69) is 55.4 Å². The van der Waals surface area contributed by atoms with Gasteiger partial charge in [0.05, 0.1) is 26.4 Å². The molecule has 0 radical (unpaired) electrons. The first kappa shape index (κ1) is 84.1. The van der Waals surface area contributed by atoms with Crippen molar-refractivity contribution in [3.05, 3.63) is 0 Å². The Morgan fingerprint density at radius 1 is 0.326 bits per heavy atom. The maximum Gasteiger partial charge on any atom is 0.472 e.